The van der Waals surface area contributed by atoms with Gasteiger partial charge >= 0.3 is 0 Å². The predicted molar refractivity (Wildman–Crippen MR) is 94.3 cm³/mol. The normalized spacial score (nSPS) is 16.6. The van der Waals surface area contributed by atoms with Crippen LogP contribution in [-0.4, -0.2) is 24.0 Å². The van der Waals surface area contributed by atoms with Gasteiger partial charge in [-0.05, 0) is 43.9 Å². The Hall–Kier alpha value is -1.80. The molecule has 0 bridgehead atoms. The summed E-state index contributed by atoms with van der Waals surface area (Å²) in [6, 6.07) is 18.1. The molecule has 0 unspecified atom stereocenters. The van der Waals surface area contributed by atoms with Gasteiger partial charge in [-0.1, -0.05) is 48.0 Å². The van der Waals surface area contributed by atoms with Crippen LogP contribution in [0.25, 0.3) is 0 Å². The van der Waals surface area contributed by atoms with Gasteiger partial charge in [-0.3, -0.25) is 4.90 Å². The minimum atomic E-state index is 0.606. The number of piperidine rings is 1. The monoisotopic (exact) mass is 294 g/mol. The van der Waals surface area contributed by atoms with Crippen LogP contribution in [0, 0.1) is 13.8 Å². The first-order valence-electron chi connectivity index (χ1n) is 8.31. The molecule has 0 amide bonds. The molecule has 1 aliphatic heterocycles. The molecule has 1 saturated heterocycles. The molecule has 1 fully saturated rings. The molecule has 0 saturated carbocycles. The fraction of sp³-hybridized carbons (Fsp3) is 0.400. The molecule has 116 valence electrons. The van der Waals surface area contributed by atoms with Crippen molar-refractivity contribution >= 4 is 5.69 Å². The molecule has 3 rings (SSSR count). The van der Waals surface area contributed by atoms with Crippen molar-refractivity contribution in [3.05, 3.63) is 65.2 Å². The van der Waals surface area contributed by atoms with Crippen LogP contribution in [0.2, 0.25) is 0 Å². The number of benzene rings is 2. The Balaban J connectivity index is 1.51. The van der Waals surface area contributed by atoms with Gasteiger partial charge in [-0.25, -0.2) is 0 Å². The molecule has 2 nitrogen and oxygen atoms in total. The highest BCUT2D eigenvalue weighted by atomic mass is 15.1. The van der Waals surface area contributed by atoms with Crippen LogP contribution in [0.1, 0.15) is 29.5 Å². The van der Waals surface area contributed by atoms with Gasteiger partial charge in [0.25, 0.3) is 0 Å². The van der Waals surface area contributed by atoms with Crippen LogP contribution in [0.15, 0.2) is 48.5 Å². The van der Waals surface area contributed by atoms with Crippen molar-refractivity contribution in [3.8, 4) is 0 Å². The first-order chi connectivity index (χ1) is 10.7. The van der Waals surface area contributed by atoms with E-state index in [2.05, 4.69) is 72.6 Å². The van der Waals surface area contributed by atoms with Gasteiger partial charge < -0.3 is 5.32 Å². The summed E-state index contributed by atoms with van der Waals surface area (Å²) in [5, 5.41) is 3.72. The fourth-order valence-corrected chi connectivity index (χ4v) is 3.26. The van der Waals surface area contributed by atoms with Crippen LogP contribution >= 0.6 is 0 Å². The van der Waals surface area contributed by atoms with Crippen molar-refractivity contribution in [1.29, 1.82) is 0 Å². The van der Waals surface area contributed by atoms with E-state index in [-0.39, 0.29) is 0 Å². The molecule has 0 aliphatic carbocycles. The molecule has 0 spiro atoms. The zero-order chi connectivity index (χ0) is 15.4. The van der Waals surface area contributed by atoms with Crippen molar-refractivity contribution in [1.82, 2.24) is 4.90 Å². The molecule has 0 radical (unpaired) electrons. The van der Waals surface area contributed by atoms with Gasteiger partial charge in [0.05, 0.1) is 0 Å². The Morgan fingerprint density at radius 2 is 1.77 bits per heavy atom. The third-order valence-electron chi connectivity index (χ3n) is 4.58. The van der Waals surface area contributed by atoms with Gasteiger partial charge in [0.2, 0.25) is 0 Å². The van der Waals surface area contributed by atoms with E-state index in [1.165, 1.54) is 48.3 Å². The van der Waals surface area contributed by atoms with E-state index in [1.54, 1.807) is 0 Å². The maximum absolute atomic E-state index is 3.72. The second kappa shape index (κ2) is 6.97. The smallest absolute Gasteiger partial charge is 0.0372 e. The SMILES string of the molecule is Cc1cccc(CN2CCC(Nc3ccccc3C)CC2)c1. The quantitative estimate of drug-likeness (QED) is 0.900. The van der Waals surface area contributed by atoms with E-state index in [4.69, 9.17) is 0 Å². The minimum absolute atomic E-state index is 0.606. The molecule has 1 aliphatic rings. The van der Waals surface area contributed by atoms with Gasteiger partial charge in [0.1, 0.15) is 0 Å². The topological polar surface area (TPSA) is 15.3 Å². The second-order valence-electron chi connectivity index (χ2n) is 6.50. The third-order valence-corrected chi connectivity index (χ3v) is 4.58. The van der Waals surface area contributed by atoms with E-state index >= 15 is 0 Å². The number of nitrogens with zero attached hydrogens (tertiary/aromatic N) is 1. The lowest BCUT2D eigenvalue weighted by molar-refractivity contribution is 0.211. The lowest BCUT2D eigenvalue weighted by atomic mass is 10.0. The molecule has 22 heavy (non-hydrogen) atoms. The largest absolute Gasteiger partial charge is 0.382 e. The van der Waals surface area contributed by atoms with E-state index < -0.39 is 0 Å². The van der Waals surface area contributed by atoms with E-state index in [9.17, 15) is 0 Å². The van der Waals surface area contributed by atoms with Crippen LogP contribution in [-0.2, 0) is 6.54 Å². The van der Waals surface area contributed by atoms with Crippen molar-refractivity contribution in [3.63, 3.8) is 0 Å². The molecule has 1 heterocycles. The van der Waals surface area contributed by atoms with E-state index in [0.717, 1.165) is 6.54 Å². The zero-order valence-corrected chi connectivity index (χ0v) is 13.7. The number of para-hydroxylation sites is 1. The highest BCUT2D eigenvalue weighted by Crippen LogP contribution is 2.20. The van der Waals surface area contributed by atoms with Crippen molar-refractivity contribution in [2.45, 2.75) is 39.3 Å². The lowest BCUT2D eigenvalue weighted by Crippen LogP contribution is -2.38. The highest BCUT2D eigenvalue weighted by Gasteiger charge is 2.19. The van der Waals surface area contributed by atoms with E-state index in [1.807, 2.05) is 0 Å². The molecule has 2 aromatic carbocycles. The standard InChI is InChI=1S/C20H26N2/c1-16-6-5-8-18(14-16)15-22-12-10-19(11-13-22)21-20-9-4-3-7-17(20)2/h3-9,14,19,21H,10-13,15H2,1-2H3. The Morgan fingerprint density at radius 1 is 1.00 bits per heavy atom. The maximum atomic E-state index is 3.72. The summed E-state index contributed by atoms with van der Waals surface area (Å²) in [5.41, 5.74) is 5.42. The Bertz CT molecular complexity index is 613. The Labute approximate surface area is 134 Å². The highest BCUT2D eigenvalue weighted by molar-refractivity contribution is 5.50. The first kappa shape index (κ1) is 15.1. The van der Waals surface area contributed by atoms with Crippen molar-refractivity contribution in [2.75, 3.05) is 18.4 Å². The number of anilines is 1. The summed E-state index contributed by atoms with van der Waals surface area (Å²) in [5.74, 6) is 0. The Morgan fingerprint density at radius 3 is 2.50 bits per heavy atom. The second-order valence-corrected chi connectivity index (χ2v) is 6.50. The average molecular weight is 294 g/mol. The molecule has 2 heteroatoms. The van der Waals surface area contributed by atoms with Crippen LogP contribution in [0.3, 0.4) is 0 Å². The van der Waals surface area contributed by atoms with Crippen LogP contribution < -0.4 is 5.32 Å². The van der Waals surface area contributed by atoms with Gasteiger partial charge in [0.15, 0.2) is 0 Å². The number of rotatable bonds is 4. The van der Waals surface area contributed by atoms with Crippen LogP contribution in [0.5, 0.6) is 0 Å². The van der Waals surface area contributed by atoms with Crippen molar-refractivity contribution in [2.24, 2.45) is 0 Å². The van der Waals surface area contributed by atoms with Crippen LogP contribution in [0.4, 0.5) is 5.69 Å². The number of aryl methyl sites for hydroxylation is 2. The minimum Gasteiger partial charge on any atom is -0.382 e. The number of hydrogen-bond acceptors (Lipinski definition) is 2. The molecular formula is C20H26N2. The zero-order valence-electron chi connectivity index (χ0n) is 13.7. The van der Waals surface area contributed by atoms with Gasteiger partial charge in [-0.15, -0.1) is 0 Å². The molecule has 1 N–H and O–H groups in total. The number of hydrogen-bond donors (Lipinski definition) is 1. The summed E-state index contributed by atoms with van der Waals surface area (Å²) >= 11 is 0. The fourth-order valence-electron chi connectivity index (χ4n) is 3.26. The summed E-state index contributed by atoms with van der Waals surface area (Å²) < 4.78 is 0. The summed E-state index contributed by atoms with van der Waals surface area (Å²) in [6.07, 6.45) is 2.44. The molecule has 0 atom stereocenters. The summed E-state index contributed by atoms with van der Waals surface area (Å²) in [4.78, 5) is 2.57. The van der Waals surface area contributed by atoms with Gasteiger partial charge in [0, 0.05) is 31.4 Å². The van der Waals surface area contributed by atoms with Gasteiger partial charge in [-0.2, -0.15) is 0 Å². The number of likely N-dealkylation sites (tertiary alicyclic amines) is 1. The predicted octanol–water partition coefficient (Wildman–Crippen LogP) is 4.38. The number of nitrogens with one attached hydrogen (secondary N) is 1. The maximum Gasteiger partial charge on any atom is 0.0372 e. The molecular weight excluding hydrogens is 268 g/mol. The summed E-state index contributed by atoms with van der Waals surface area (Å²) in [6.45, 7) is 7.78. The molecule has 2 aromatic rings. The lowest BCUT2D eigenvalue weighted by Gasteiger charge is -2.33. The first-order valence-corrected chi connectivity index (χ1v) is 8.31. The third kappa shape index (κ3) is 3.89. The average Bonchev–Trinajstić information content (AvgIpc) is 2.52. The Kier molecular flexibility index (Phi) is 4.79. The van der Waals surface area contributed by atoms with Crippen molar-refractivity contribution < 1.29 is 0 Å². The molecule has 0 aromatic heterocycles. The van der Waals surface area contributed by atoms with E-state index in [0.29, 0.717) is 6.04 Å². The summed E-state index contributed by atoms with van der Waals surface area (Å²) in [7, 11) is 0.